The van der Waals surface area contributed by atoms with Crippen LogP contribution in [-0.2, 0) is 22.1 Å². The highest BCUT2D eigenvalue weighted by atomic mass is 32.2. The first-order valence-corrected chi connectivity index (χ1v) is 9.96. The number of hydrogen-bond donors (Lipinski definition) is 1. The van der Waals surface area contributed by atoms with Crippen LogP contribution < -0.4 is 5.69 Å². The first-order valence-electron chi connectivity index (χ1n) is 8.14. The Kier molecular flexibility index (Phi) is 4.76. The van der Waals surface area contributed by atoms with E-state index in [1.165, 1.54) is 6.33 Å². The van der Waals surface area contributed by atoms with Crippen molar-refractivity contribution in [2.75, 3.05) is 5.75 Å². The Morgan fingerprint density at radius 2 is 2.00 bits per heavy atom. The van der Waals surface area contributed by atoms with Crippen molar-refractivity contribution >= 4 is 20.9 Å². The number of aromatic nitrogens is 5. The zero-order chi connectivity index (χ0) is 18.0. The van der Waals surface area contributed by atoms with Gasteiger partial charge in [-0.05, 0) is 32.4 Å². The van der Waals surface area contributed by atoms with Gasteiger partial charge in [0.05, 0.1) is 16.8 Å². The number of benzene rings is 1. The van der Waals surface area contributed by atoms with Gasteiger partial charge < -0.3 is 4.98 Å². The highest BCUT2D eigenvalue weighted by Crippen LogP contribution is 2.12. The van der Waals surface area contributed by atoms with Crippen LogP contribution in [0.4, 0.5) is 0 Å². The Labute approximate surface area is 145 Å². The maximum Gasteiger partial charge on any atom is 0.326 e. The van der Waals surface area contributed by atoms with Crippen LogP contribution in [0.2, 0.25) is 0 Å². The largest absolute Gasteiger partial charge is 0.326 e. The number of nitrogens with one attached hydrogen (secondary N) is 1. The molecule has 25 heavy (non-hydrogen) atoms. The summed E-state index contributed by atoms with van der Waals surface area (Å²) in [5, 5.41) is 4.06. The molecule has 0 radical (unpaired) electrons. The minimum absolute atomic E-state index is 0.0100. The third-order valence-corrected chi connectivity index (χ3v) is 5.61. The van der Waals surface area contributed by atoms with Crippen LogP contribution in [0.15, 0.2) is 35.4 Å². The Balaban J connectivity index is 1.67. The predicted molar refractivity (Wildman–Crippen MR) is 95.1 cm³/mol. The van der Waals surface area contributed by atoms with Gasteiger partial charge in [0.15, 0.2) is 9.84 Å². The molecule has 0 saturated heterocycles. The molecule has 0 aliphatic rings. The zero-order valence-corrected chi connectivity index (χ0v) is 15.0. The Bertz CT molecular complexity index is 1030. The number of aromatic amines is 1. The van der Waals surface area contributed by atoms with Gasteiger partial charge in [0.1, 0.15) is 17.9 Å². The van der Waals surface area contributed by atoms with E-state index in [0.717, 1.165) is 11.0 Å². The lowest BCUT2D eigenvalue weighted by atomic mass is 10.3. The molecule has 0 amide bonds. The van der Waals surface area contributed by atoms with Crippen LogP contribution in [0.3, 0.4) is 0 Å². The molecule has 3 aromatic rings. The van der Waals surface area contributed by atoms with Crippen molar-refractivity contribution in [2.45, 2.75) is 38.6 Å². The van der Waals surface area contributed by atoms with Gasteiger partial charge in [-0.3, -0.25) is 4.57 Å². The molecule has 0 spiro atoms. The number of H-pyrrole nitrogens is 1. The average Bonchev–Trinajstić information content (AvgIpc) is 3.11. The lowest BCUT2D eigenvalue weighted by Crippen LogP contribution is -2.20. The first kappa shape index (κ1) is 17.4. The van der Waals surface area contributed by atoms with E-state index in [0.29, 0.717) is 18.8 Å². The molecule has 0 atom stereocenters. The molecule has 0 saturated carbocycles. The molecule has 2 aromatic heterocycles. The van der Waals surface area contributed by atoms with Crippen molar-refractivity contribution in [2.24, 2.45) is 0 Å². The summed E-state index contributed by atoms with van der Waals surface area (Å²) < 4.78 is 27.9. The van der Waals surface area contributed by atoms with Crippen molar-refractivity contribution in [3.8, 4) is 0 Å². The second-order valence-corrected chi connectivity index (χ2v) is 8.44. The fraction of sp³-hybridized carbons (Fsp3) is 0.438. The molecule has 1 N–H and O–H groups in total. The Morgan fingerprint density at radius 1 is 1.24 bits per heavy atom. The molecule has 1 aromatic carbocycles. The van der Waals surface area contributed by atoms with Gasteiger partial charge in [0.25, 0.3) is 0 Å². The van der Waals surface area contributed by atoms with Gasteiger partial charge >= 0.3 is 5.69 Å². The molecule has 134 valence electrons. The van der Waals surface area contributed by atoms with E-state index in [-0.39, 0.29) is 23.2 Å². The van der Waals surface area contributed by atoms with E-state index >= 15 is 0 Å². The summed E-state index contributed by atoms with van der Waals surface area (Å²) in [5.74, 6) is 0.289. The van der Waals surface area contributed by atoms with Gasteiger partial charge in [-0.25, -0.2) is 22.9 Å². The van der Waals surface area contributed by atoms with Crippen molar-refractivity contribution in [3.63, 3.8) is 0 Å². The fourth-order valence-electron chi connectivity index (χ4n) is 2.85. The third-order valence-electron chi connectivity index (χ3n) is 4.00. The van der Waals surface area contributed by atoms with Gasteiger partial charge in [-0.15, -0.1) is 0 Å². The number of para-hydroxylation sites is 2. The Morgan fingerprint density at radius 3 is 2.76 bits per heavy atom. The van der Waals surface area contributed by atoms with Gasteiger partial charge in [-0.1, -0.05) is 12.1 Å². The summed E-state index contributed by atoms with van der Waals surface area (Å²) in [5.41, 5.74) is 1.31. The molecular formula is C16H21N5O3S. The number of nitrogens with zero attached hydrogens (tertiary/aromatic N) is 4. The maximum absolute atomic E-state index is 12.4. The van der Waals surface area contributed by atoms with Crippen LogP contribution in [0.25, 0.3) is 11.0 Å². The Hall–Kier alpha value is -2.42. The minimum Gasteiger partial charge on any atom is -0.306 e. The molecule has 0 aliphatic carbocycles. The van der Waals surface area contributed by atoms with Crippen LogP contribution in [0.5, 0.6) is 0 Å². The van der Waals surface area contributed by atoms with Crippen molar-refractivity contribution in [1.29, 1.82) is 0 Å². The standard InChI is InChI=1S/C16H21N5O3S/c1-12(2)21-15(17-11-18-21)10-25(23,24)9-5-8-20-14-7-4-3-6-13(14)19-16(20)22/h3-4,6-7,11-12H,5,8-10H2,1-2H3,(H,19,22). The van der Waals surface area contributed by atoms with E-state index in [2.05, 4.69) is 15.1 Å². The van der Waals surface area contributed by atoms with E-state index in [1.54, 1.807) is 9.25 Å². The molecule has 0 aliphatic heterocycles. The zero-order valence-electron chi connectivity index (χ0n) is 14.2. The topological polar surface area (TPSA) is 103 Å². The number of sulfone groups is 1. The van der Waals surface area contributed by atoms with Crippen molar-refractivity contribution < 1.29 is 8.42 Å². The molecule has 0 unspecified atom stereocenters. The summed E-state index contributed by atoms with van der Waals surface area (Å²) in [6.07, 6.45) is 1.73. The van der Waals surface area contributed by atoms with Crippen molar-refractivity contribution in [1.82, 2.24) is 24.3 Å². The molecule has 3 rings (SSSR count). The fourth-order valence-corrected chi connectivity index (χ4v) is 4.16. The van der Waals surface area contributed by atoms with Crippen LogP contribution in [-0.4, -0.2) is 38.5 Å². The maximum atomic E-state index is 12.4. The monoisotopic (exact) mass is 363 g/mol. The van der Waals surface area contributed by atoms with Crippen LogP contribution in [0, 0.1) is 0 Å². The highest BCUT2D eigenvalue weighted by molar-refractivity contribution is 7.90. The smallest absolute Gasteiger partial charge is 0.306 e. The molecule has 2 heterocycles. The summed E-state index contributed by atoms with van der Waals surface area (Å²) in [6, 6.07) is 7.41. The van der Waals surface area contributed by atoms with E-state index in [4.69, 9.17) is 0 Å². The third kappa shape index (κ3) is 3.81. The van der Waals surface area contributed by atoms with E-state index < -0.39 is 9.84 Å². The number of fused-ring (bicyclic) bond motifs is 1. The average molecular weight is 363 g/mol. The lowest BCUT2D eigenvalue weighted by molar-refractivity contribution is 0.510. The number of imidazole rings is 1. The summed E-state index contributed by atoms with van der Waals surface area (Å²) in [6.45, 7) is 4.20. The molecule has 9 heteroatoms. The summed E-state index contributed by atoms with van der Waals surface area (Å²) >= 11 is 0. The number of hydrogen-bond acceptors (Lipinski definition) is 5. The second kappa shape index (κ2) is 6.83. The summed E-state index contributed by atoms with van der Waals surface area (Å²) in [7, 11) is -3.33. The number of rotatable bonds is 7. The SMILES string of the molecule is CC(C)n1ncnc1CS(=O)(=O)CCCn1c(=O)[nH]c2ccccc21. The molecule has 8 nitrogen and oxygen atoms in total. The van der Waals surface area contributed by atoms with Crippen LogP contribution in [0.1, 0.15) is 32.1 Å². The molecule has 0 fully saturated rings. The highest BCUT2D eigenvalue weighted by Gasteiger charge is 2.18. The minimum atomic E-state index is -3.33. The van der Waals surface area contributed by atoms with E-state index in [1.807, 2.05) is 38.1 Å². The van der Waals surface area contributed by atoms with Gasteiger partial charge in [-0.2, -0.15) is 5.10 Å². The first-order chi connectivity index (χ1) is 11.9. The molecular weight excluding hydrogens is 342 g/mol. The van der Waals surface area contributed by atoms with Gasteiger partial charge in [0.2, 0.25) is 0 Å². The second-order valence-electron chi connectivity index (χ2n) is 6.26. The quantitative estimate of drug-likeness (QED) is 0.685. The lowest BCUT2D eigenvalue weighted by Gasteiger charge is -2.10. The van der Waals surface area contributed by atoms with E-state index in [9.17, 15) is 13.2 Å². The number of aryl methyl sites for hydroxylation is 1. The van der Waals surface area contributed by atoms with Crippen molar-refractivity contribution in [3.05, 3.63) is 46.9 Å². The summed E-state index contributed by atoms with van der Waals surface area (Å²) in [4.78, 5) is 18.8. The van der Waals surface area contributed by atoms with Crippen LogP contribution >= 0.6 is 0 Å². The normalized spacial score (nSPS) is 12.3. The molecule has 0 bridgehead atoms. The van der Waals surface area contributed by atoms with Gasteiger partial charge in [0, 0.05) is 12.6 Å². The predicted octanol–water partition coefficient (Wildman–Crippen LogP) is 1.51.